The molecule has 0 atom stereocenters. The topological polar surface area (TPSA) is 70.2 Å². The number of benzene rings is 1. The molecular formula is C14H11F6N3O3. The number of rotatable bonds is 5. The zero-order valence-corrected chi connectivity index (χ0v) is 13.1. The molecule has 0 fully saturated rings. The second-order valence-corrected chi connectivity index (χ2v) is 5.06. The predicted octanol–water partition coefficient (Wildman–Crippen LogP) is 4.43. The molecule has 6 nitrogen and oxygen atoms in total. The Morgan fingerprint density at radius 1 is 1.12 bits per heavy atom. The molecule has 0 radical (unpaired) electrons. The molecule has 2 aromatic rings. The smallest absolute Gasteiger partial charge is 0.416 e. The lowest BCUT2D eigenvalue weighted by molar-refractivity contribution is -0.392. The zero-order valence-electron chi connectivity index (χ0n) is 13.1. The van der Waals surface area contributed by atoms with Crippen molar-refractivity contribution < 1.29 is 36.0 Å². The standard InChI is InChI=1S/C14H11F6N3O3/c1-2-22-11(21-6-12(22)23(24)25)7-26-10-4-8(13(15,16)17)3-9(5-10)14(18,19)20/h3-6H,2,7H2,1H3. The summed E-state index contributed by atoms with van der Waals surface area (Å²) in [6.07, 6.45) is -9.07. The fourth-order valence-corrected chi connectivity index (χ4v) is 2.17. The first-order valence-corrected chi connectivity index (χ1v) is 7.04. The Kier molecular flexibility index (Phi) is 5.14. The molecule has 1 heterocycles. The fourth-order valence-electron chi connectivity index (χ4n) is 2.17. The SMILES string of the molecule is CCn1c([N+](=O)[O-])cnc1COc1cc(C(F)(F)F)cc(C(F)(F)F)c1. The van der Waals surface area contributed by atoms with E-state index in [2.05, 4.69) is 4.98 Å². The Bertz CT molecular complexity index is 781. The number of imidazole rings is 1. The largest absolute Gasteiger partial charge is 0.483 e. The molecule has 0 saturated heterocycles. The van der Waals surface area contributed by atoms with E-state index in [1.165, 1.54) is 0 Å². The maximum absolute atomic E-state index is 12.8. The molecule has 12 heteroatoms. The van der Waals surface area contributed by atoms with Gasteiger partial charge in [-0.3, -0.25) is 0 Å². The summed E-state index contributed by atoms with van der Waals surface area (Å²) in [4.78, 5) is 13.8. The van der Waals surface area contributed by atoms with Crippen LogP contribution in [0.1, 0.15) is 23.9 Å². The summed E-state index contributed by atoms with van der Waals surface area (Å²) in [6, 6.07) is 0.816. The number of hydrogen-bond donors (Lipinski definition) is 0. The summed E-state index contributed by atoms with van der Waals surface area (Å²) in [5.74, 6) is -1.06. The minimum Gasteiger partial charge on any atom is -0.483 e. The molecule has 0 aliphatic rings. The van der Waals surface area contributed by atoms with E-state index in [0.717, 1.165) is 10.8 Å². The van der Waals surface area contributed by atoms with Gasteiger partial charge < -0.3 is 14.9 Å². The van der Waals surface area contributed by atoms with Gasteiger partial charge in [0.1, 0.15) is 11.9 Å². The van der Waals surface area contributed by atoms with Crippen molar-refractivity contribution in [2.75, 3.05) is 0 Å². The van der Waals surface area contributed by atoms with Crippen LogP contribution in [0.5, 0.6) is 5.75 Å². The molecule has 0 N–H and O–H groups in total. The van der Waals surface area contributed by atoms with Crippen molar-refractivity contribution in [3.63, 3.8) is 0 Å². The zero-order chi connectivity index (χ0) is 19.7. The summed E-state index contributed by atoms with van der Waals surface area (Å²) < 4.78 is 82.9. The lowest BCUT2D eigenvalue weighted by Crippen LogP contribution is -2.12. The van der Waals surface area contributed by atoms with Gasteiger partial charge in [0.2, 0.25) is 5.82 Å². The lowest BCUT2D eigenvalue weighted by atomic mass is 10.1. The Labute approximate surface area is 142 Å². The second-order valence-electron chi connectivity index (χ2n) is 5.06. The summed E-state index contributed by atoms with van der Waals surface area (Å²) in [5, 5.41) is 10.8. The van der Waals surface area contributed by atoms with Gasteiger partial charge in [-0.1, -0.05) is 0 Å². The molecule has 0 bridgehead atoms. The van der Waals surface area contributed by atoms with Crippen LogP contribution in [-0.4, -0.2) is 14.5 Å². The van der Waals surface area contributed by atoms with E-state index in [4.69, 9.17) is 4.74 Å². The third-order valence-electron chi connectivity index (χ3n) is 3.35. The lowest BCUT2D eigenvalue weighted by Gasteiger charge is -2.14. The van der Waals surface area contributed by atoms with Gasteiger partial charge in [-0.05, 0) is 30.0 Å². The molecule has 0 spiro atoms. The highest BCUT2D eigenvalue weighted by atomic mass is 19.4. The van der Waals surface area contributed by atoms with E-state index in [0.29, 0.717) is 12.1 Å². The van der Waals surface area contributed by atoms with Gasteiger partial charge in [0, 0.05) is 0 Å². The van der Waals surface area contributed by atoms with Gasteiger partial charge in [0.05, 0.1) is 17.7 Å². The number of hydrogen-bond acceptors (Lipinski definition) is 4. The average molecular weight is 383 g/mol. The van der Waals surface area contributed by atoms with Crippen molar-refractivity contribution >= 4 is 5.82 Å². The highest BCUT2D eigenvalue weighted by Gasteiger charge is 2.37. The molecule has 0 amide bonds. The quantitative estimate of drug-likeness (QED) is 0.435. The van der Waals surface area contributed by atoms with Crippen LogP contribution in [0.15, 0.2) is 24.4 Å². The number of halogens is 6. The van der Waals surface area contributed by atoms with E-state index in [1.54, 1.807) is 6.92 Å². The van der Waals surface area contributed by atoms with Crippen LogP contribution < -0.4 is 4.74 Å². The van der Waals surface area contributed by atoms with Gasteiger partial charge in [0.25, 0.3) is 0 Å². The van der Waals surface area contributed by atoms with Gasteiger partial charge in [-0.25, -0.2) is 9.55 Å². The first-order chi connectivity index (χ1) is 11.9. The Morgan fingerprint density at radius 3 is 2.08 bits per heavy atom. The van der Waals surface area contributed by atoms with Gasteiger partial charge in [0.15, 0.2) is 6.61 Å². The van der Waals surface area contributed by atoms with Crippen LogP contribution in [0, 0.1) is 10.1 Å². The van der Waals surface area contributed by atoms with Gasteiger partial charge >= 0.3 is 18.2 Å². The number of aromatic nitrogens is 2. The highest BCUT2D eigenvalue weighted by Crippen LogP contribution is 2.38. The van der Waals surface area contributed by atoms with Crippen molar-refractivity contribution in [1.82, 2.24) is 9.55 Å². The van der Waals surface area contributed by atoms with Crippen molar-refractivity contribution in [2.24, 2.45) is 0 Å². The second kappa shape index (κ2) is 6.84. The van der Waals surface area contributed by atoms with E-state index in [9.17, 15) is 36.5 Å². The maximum atomic E-state index is 12.8. The molecular weight excluding hydrogens is 372 g/mol. The number of alkyl halides is 6. The first-order valence-electron chi connectivity index (χ1n) is 7.04. The molecule has 26 heavy (non-hydrogen) atoms. The van der Waals surface area contributed by atoms with E-state index in [1.807, 2.05) is 0 Å². The number of nitrogens with zero attached hydrogens (tertiary/aromatic N) is 3. The molecule has 1 aromatic heterocycles. The Morgan fingerprint density at radius 2 is 1.65 bits per heavy atom. The van der Waals surface area contributed by atoms with Gasteiger partial charge in [-0.15, -0.1) is 0 Å². The van der Waals surface area contributed by atoms with Crippen molar-refractivity contribution in [3.05, 3.63) is 51.5 Å². The van der Waals surface area contributed by atoms with Crippen LogP contribution >= 0.6 is 0 Å². The molecule has 0 aliphatic heterocycles. The van der Waals surface area contributed by atoms with E-state index in [-0.39, 0.29) is 24.3 Å². The minimum atomic E-state index is -5.00. The predicted molar refractivity (Wildman–Crippen MR) is 75.3 cm³/mol. The van der Waals surface area contributed by atoms with Crippen molar-refractivity contribution in [3.8, 4) is 5.75 Å². The van der Waals surface area contributed by atoms with Crippen LogP contribution in [-0.2, 0) is 25.5 Å². The summed E-state index contributed by atoms with van der Waals surface area (Å²) in [6.45, 7) is 1.13. The Hall–Kier alpha value is -2.79. The summed E-state index contributed by atoms with van der Waals surface area (Å²) in [5.41, 5.74) is -3.04. The number of nitro groups is 1. The van der Waals surface area contributed by atoms with Crippen LogP contribution in [0.2, 0.25) is 0 Å². The van der Waals surface area contributed by atoms with Crippen LogP contribution in [0.4, 0.5) is 32.2 Å². The molecule has 0 unspecified atom stereocenters. The first kappa shape index (κ1) is 19.5. The van der Waals surface area contributed by atoms with E-state index < -0.39 is 40.8 Å². The Balaban J connectivity index is 2.34. The minimum absolute atomic E-state index is 0.00910. The average Bonchev–Trinajstić information content (AvgIpc) is 2.94. The van der Waals surface area contributed by atoms with Crippen molar-refractivity contribution in [1.29, 1.82) is 0 Å². The van der Waals surface area contributed by atoms with Crippen LogP contribution in [0.25, 0.3) is 0 Å². The molecule has 142 valence electrons. The maximum Gasteiger partial charge on any atom is 0.416 e. The summed E-state index contributed by atoms with van der Waals surface area (Å²) >= 11 is 0. The molecule has 1 aromatic carbocycles. The third kappa shape index (κ3) is 4.24. The molecule has 0 saturated carbocycles. The number of ether oxygens (including phenoxy) is 1. The molecule has 0 aliphatic carbocycles. The van der Waals surface area contributed by atoms with E-state index >= 15 is 0 Å². The summed E-state index contributed by atoms with van der Waals surface area (Å²) in [7, 11) is 0. The highest BCUT2D eigenvalue weighted by molar-refractivity contribution is 5.37. The monoisotopic (exact) mass is 383 g/mol. The normalized spacial score (nSPS) is 12.3. The fraction of sp³-hybridized carbons (Fsp3) is 0.357. The van der Waals surface area contributed by atoms with Crippen molar-refractivity contribution in [2.45, 2.75) is 32.4 Å². The van der Waals surface area contributed by atoms with Gasteiger partial charge in [-0.2, -0.15) is 26.3 Å². The molecule has 2 rings (SSSR count). The van der Waals surface area contributed by atoms with Crippen LogP contribution in [0.3, 0.4) is 0 Å². The third-order valence-corrected chi connectivity index (χ3v) is 3.35.